The number of halogens is 4. The highest BCUT2D eigenvalue weighted by molar-refractivity contribution is 6.34. The zero-order valence-corrected chi connectivity index (χ0v) is 32.6. The van der Waals surface area contributed by atoms with Gasteiger partial charge >= 0.3 is 0 Å². The molecule has 5 aromatic carbocycles. The molecule has 5 rings (SSSR count). The lowest BCUT2D eigenvalue weighted by atomic mass is 10.1. The molecule has 0 saturated heterocycles. The van der Waals surface area contributed by atoms with Crippen LogP contribution in [0.5, 0.6) is 0 Å². The molecule has 0 radical (unpaired) electrons. The molecule has 0 aliphatic heterocycles. The maximum atomic E-state index is 6.63. The molecule has 0 bridgehead atoms. The van der Waals surface area contributed by atoms with Gasteiger partial charge in [0.1, 0.15) is 11.4 Å². The Morgan fingerprint density at radius 2 is 1.00 bits per heavy atom. The topological polar surface area (TPSA) is 97.6 Å². The Bertz CT molecular complexity index is 1920. The van der Waals surface area contributed by atoms with Gasteiger partial charge in [-0.2, -0.15) is 20.5 Å². The Labute approximate surface area is 326 Å². The smallest absolute Gasteiger partial charge is 0.104 e. The summed E-state index contributed by atoms with van der Waals surface area (Å²) in [6.45, 7) is 11.5. The number of hydrogen-bond acceptors (Lipinski definition) is 8. The van der Waals surface area contributed by atoms with Crippen LogP contribution in [0.2, 0.25) is 20.1 Å². The van der Waals surface area contributed by atoms with Gasteiger partial charge in [0, 0.05) is 48.3 Å². The van der Waals surface area contributed by atoms with Crippen LogP contribution in [0.3, 0.4) is 0 Å². The van der Waals surface area contributed by atoms with E-state index >= 15 is 0 Å². The van der Waals surface area contributed by atoms with Gasteiger partial charge in [0.25, 0.3) is 0 Å². The van der Waals surface area contributed by atoms with Crippen LogP contribution in [0.1, 0.15) is 33.4 Å². The van der Waals surface area contributed by atoms with Crippen molar-refractivity contribution in [1.29, 1.82) is 0 Å². The summed E-state index contributed by atoms with van der Waals surface area (Å²) in [4.78, 5) is 0. The highest BCUT2D eigenvalue weighted by atomic mass is 35.5. The molecular weight excluding hydrogens is 734 g/mol. The van der Waals surface area contributed by atoms with Crippen molar-refractivity contribution >= 4 is 80.5 Å². The van der Waals surface area contributed by atoms with E-state index in [2.05, 4.69) is 73.8 Å². The Morgan fingerprint density at radius 1 is 0.462 bits per heavy atom. The van der Waals surface area contributed by atoms with E-state index in [1.807, 2.05) is 80.6 Å². The molecule has 0 amide bonds. The van der Waals surface area contributed by atoms with Crippen molar-refractivity contribution in [3.05, 3.63) is 138 Å². The summed E-state index contributed by atoms with van der Waals surface area (Å²) in [5.41, 5.74) is 11.8. The molecule has 4 N–H and O–H groups in total. The number of nitrogens with one attached hydrogen (secondary N) is 4. The van der Waals surface area contributed by atoms with E-state index in [1.54, 1.807) is 0 Å². The first-order valence-electron chi connectivity index (χ1n) is 17.0. The fourth-order valence-electron chi connectivity index (χ4n) is 5.37. The third kappa shape index (κ3) is 10.8. The van der Waals surface area contributed by atoms with Crippen molar-refractivity contribution in [2.75, 3.05) is 47.4 Å². The van der Waals surface area contributed by atoms with Crippen LogP contribution in [-0.2, 0) is 13.1 Å². The number of hydrogen-bond donors (Lipinski definition) is 4. The second kappa shape index (κ2) is 18.9. The standard InChI is InChI=1S/C40H42Cl4N8/c1-25-7-5-9-35(27(25)3)47-23-29-11-13-32(42)39(20-29)51-49-17-15-45-37-22-34(44)38(19-26(37)2)46-16-18-50-52-40-21-30(12-14-33(40)43)24-48-36-10-6-8-31(41)28(36)4/h5-14,19-22,45-48H,15-18,23-24H2,1-4H3. The Balaban J connectivity index is 1.06. The molecule has 52 heavy (non-hydrogen) atoms. The van der Waals surface area contributed by atoms with E-state index in [0.29, 0.717) is 65.7 Å². The molecule has 0 aliphatic carbocycles. The van der Waals surface area contributed by atoms with E-state index in [4.69, 9.17) is 46.4 Å². The molecule has 0 aliphatic rings. The van der Waals surface area contributed by atoms with E-state index in [0.717, 1.165) is 50.0 Å². The van der Waals surface area contributed by atoms with Crippen molar-refractivity contribution in [2.45, 2.75) is 40.8 Å². The van der Waals surface area contributed by atoms with Crippen molar-refractivity contribution in [3.8, 4) is 0 Å². The molecule has 0 aromatic heterocycles. The minimum absolute atomic E-state index is 0.441. The van der Waals surface area contributed by atoms with Crippen LogP contribution in [0.15, 0.2) is 105 Å². The predicted octanol–water partition coefficient (Wildman–Crippen LogP) is 13.1. The molecule has 8 nitrogen and oxygen atoms in total. The highest BCUT2D eigenvalue weighted by Gasteiger charge is 2.08. The second-order valence-corrected chi connectivity index (χ2v) is 14.0. The first-order valence-corrected chi connectivity index (χ1v) is 18.5. The van der Waals surface area contributed by atoms with Crippen LogP contribution in [0.25, 0.3) is 0 Å². The van der Waals surface area contributed by atoms with E-state index in [9.17, 15) is 0 Å². The van der Waals surface area contributed by atoms with E-state index in [-0.39, 0.29) is 0 Å². The van der Waals surface area contributed by atoms with Crippen LogP contribution < -0.4 is 21.3 Å². The van der Waals surface area contributed by atoms with Crippen LogP contribution in [0.4, 0.5) is 34.1 Å². The number of benzene rings is 5. The van der Waals surface area contributed by atoms with Crippen molar-refractivity contribution < 1.29 is 0 Å². The van der Waals surface area contributed by atoms with Gasteiger partial charge in [-0.3, -0.25) is 0 Å². The van der Waals surface area contributed by atoms with Gasteiger partial charge in [-0.1, -0.05) is 76.7 Å². The van der Waals surface area contributed by atoms with Gasteiger partial charge in [-0.25, -0.2) is 0 Å². The van der Waals surface area contributed by atoms with E-state index in [1.165, 1.54) is 11.1 Å². The molecule has 270 valence electrons. The maximum Gasteiger partial charge on any atom is 0.104 e. The molecule has 0 fully saturated rings. The number of azo groups is 2. The molecule has 12 heteroatoms. The average molecular weight is 777 g/mol. The predicted molar refractivity (Wildman–Crippen MR) is 222 cm³/mol. The molecule has 0 saturated carbocycles. The summed E-state index contributed by atoms with van der Waals surface area (Å²) in [7, 11) is 0. The zero-order valence-electron chi connectivity index (χ0n) is 29.6. The highest BCUT2D eigenvalue weighted by Crippen LogP contribution is 2.31. The summed E-state index contributed by atoms with van der Waals surface area (Å²) in [5, 5.41) is 33.6. The average Bonchev–Trinajstić information content (AvgIpc) is 3.13. The summed E-state index contributed by atoms with van der Waals surface area (Å²) in [6.07, 6.45) is 0. The van der Waals surface area contributed by atoms with Gasteiger partial charge in [-0.15, -0.1) is 0 Å². The first kappa shape index (κ1) is 38.9. The third-order valence-electron chi connectivity index (χ3n) is 8.58. The fourth-order valence-corrected chi connectivity index (χ4v) is 6.08. The van der Waals surface area contributed by atoms with Gasteiger partial charge in [-0.05, 0) is 116 Å². The Hall–Kier alpha value is -4.34. The van der Waals surface area contributed by atoms with E-state index < -0.39 is 0 Å². The van der Waals surface area contributed by atoms with Gasteiger partial charge in [0.05, 0.1) is 33.8 Å². The largest absolute Gasteiger partial charge is 0.383 e. The first-order chi connectivity index (χ1) is 25.1. The normalized spacial score (nSPS) is 11.4. The molecule has 5 aromatic rings. The minimum Gasteiger partial charge on any atom is -0.383 e. The number of anilines is 4. The summed E-state index contributed by atoms with van der Waals surface area (Å²) in [6, 6.07) is 27.5. The lowest BCUT2D eigenvalue weighted by Gasteiger charge is -2.13. The second-order valence-electron chi connectivity index (χ2n) is 12.4. The van der Waals surface area contributed by atoms with Crippen LogP contribution in [-0.4, -0.2) is 26.2 Å². The van der Waals surface area contributed by atoms with Gasteiger partial charge < -0.3 is 21.3 Å². The molecule has 0 atom stereocenters. The van der Waals surface area contributed by atoms with Crippen LogP contribution >= 0.6 is 46.4 Å². The lowest BCUT2D eigenvalue weighted by molar-refractivity contribution is 0.940. The monoisotopic (exact) mass is 774 g/mol. The fraction of sp³-hybridized carbons (Fsp3) is 0.250. The van der Waals surface area contributed by atoms with Crippen LogP contribution in [0, 0.1) is 27.7 Å². The molecule has 0 unspecified atom stereocenters. The zero-order chi connectivity index (χ0) is 37.0. The summed E-state index contributed by atoms with van der Waals surface area (Å²) < 4.78 is 0. The Kier molecular flexibility index (Phi) is 14.2. The molecule has 0 heterocycles. The number of rotatable bonds is 16. The number of aryl methyl sites for hydroxylation is 2. The minimum atomic E-state index is 0.441. The maximum absolute atomic E-state index is 6.63. The summed E-state index contributed by atoms with van der Waals surface area (Å²) in [5.74, 6) is 0. The summed E-state index contributed by atoms with van der Waals surface area (Å²) >= 11 is 25.7. The third-order valence-corrected chi connectivity index (χ3v) is 9.95. The quantitative estimate of drug-likeness (QED) is 0.0592. The van der Waals surface area contributed by atoms with Crippen molar-refractivity contribution in [3.63, 3.8) is 0 Å². The number of nitrogens with zero attached hydrogens (tertiary/aromatic N) is 4. The van der Waals surface area contributed by atoms with Crippen molar-refractivity contribution in [2.24, 2.45) is 20.5 Å². The molecular formula is C40H42Cl4N8. The lowest BCUT2D eigenvalue weighted by Crippen LogP contribution is -2.08. The van der Waals surface area contributed by atoms with Crippen molar-refractivity contribution in [1.82, 2.24) is 0 Å². The Morgan fingerprint density at radius 3 is 1.60 bits per heavy atom. The van der Waals surface area contributed by atoms with Gasteiger partial charge in [0.15, 0.2) is 0 Å². The molecule has 0 spiro atoms. The SMILES string of the molecule is Cc1cc(NCCN=Nc2cc(CNc3cccc(Cl)c3C)ccc2Cl)c(Cl)cc1NCCN=Nc1cc(CNc2cccc(C)c2C)ccc1Cl. The van der Waals surface area contributed by atoms with Gasteiger partial charge in [0.2, 0.25) is 0 Å².